The summed E-state index contributed by atoms with van der Waals surface area (Å²) in [4.78, 5) is 29.1. The van der Waals surface area contributed by atoms with Gasteiger partial charge in [0.05, 0.1) is 5.69 Å². The molecule has 1 atom stereocenters. The van der Waals surface area contributed by atoms with E-state index in [9.17, 15) is 9.59 Å². The number of halogens is 1. The zero-order valence-corrected chi connectivity index (χ0v) is 13.3. The average Bonchev–Trinajstić information content (AvgIpc) is 2.72. The highest BCUT2D eigenvalue weighted by Crippen LogP contribution is 2.27. The van der Waals surface area contributed by atoms with Gasteiger partial charge in [0.1, 0.15) is 5.82 Å². The molecule has 19 heavy (non-hydrogen) atoms. The fraction of sp³-hybridized carbons (Fsp3) is 0.462. The summed E-state index contributed by atoms with van der Waals surface area (Å²) in [7, 11) is 0. The van der Waals surface area contributed by atoms with E-state index in [1.165, 1.54) is 11.8 Å². The zero-order valence-electron chi connectivity index (χ0n) is 10.9. The van der Waals surface area contributed by atoms with E-state index in [0.29, 0.717) is 24.5 Å². The Kier molecular flexibility index (Phi) is 4.62. The number of rotatable bonds is 3. The quantitative estimate of drug-likeness (QED) is 0.847. The van der Waals surface area contributed by atoms with Crippen LogP contribution in [-0.4, -0.2) is 28.3 Å². The Morgan fingerprint density at radius 3 is 2.95 bits per heavy atom. The molecular weight excluding hydrogens is 328 g/mol. The number of anilines is 1. The van der Waals surface area contributed by atoms with Gasteiger partial charge in [-0.2, -0.15) is 0 Å². The van der Waals surface area contributed by atoms with Crippen molar-refractivity contribution in [3.8, 4) is 0 Å². The van der Waals surface area contributed by atoms with Crippen molar-refractivity contribution in [2.24, 2.45) is 5.92 Å². The Labute approximate surface area is 125 Å². The molecule has 4 nitrogen and oxygen atoms in total. The van der Waals surface area contributed by atoms with Gasteiger partial charge >= 0.3 is 0 Å². The van der Waals surface area contributed by atoms with Crippen LogP contribution in [-0.2, 0) is 9.59 Å². The Bertz CT molecular complexity index is 521. The predicted octanol–water partition coefficient (Wildman–Crippen LogP) is 2.79. The molecule has 1 fully saturated rings. The first-order chi connectivity index (χ1) is 8.97. The highest BCUT2D eigenvalue weighted by atomic mass is 79.9. The number of thioether (sulfide) groups is 1. The summed E-state index contributed by atoms with van der Waals surface area (Å²) in [6.07, 6.45) is 0.497. The SMILES string of the molecule is CC(=O)SCC1CC(=O)N(c2ccc(Br)c(C)n2)C1. The minimum absolute atomic E-state index is 0.0865. The second-order valence-corrected chi connectivity index (χ2v) is 6.67. The summed E-state index contributed by atoms with van der Waals surface area (Å²) in [6.45, 7) is 4.10. The zero-order chi connectivity index (χ0) is 14.0. The summed E-state index contributed by atoms with van der Waals surface area (Å²) in [6, 6.07) is 3.75. The van der Waals surface area contributed by atoms with Gasteiger partial charge in [0.15, 0.2) is 5.12 Å². The minimum atomic E-state index is 0.0865. The van der Waals surface area contributed by atoms with Crippen LogP contribution in [0.5, 0.6) is 0 Å². The Hall–Kier alpha value is -0.880. The molecule has 0 radical (unpaired) electrons. The van der Waals surface area contributed by atoms with Crippen molar-refractivity contribution < 1.29 is 9.59 Å². The van der Waals surface area contributed by atoms with Gasteiger partial charge in [-0.05, 0) is 40.9 Å². The molecular formula is C13H15BrN2O2S. The standard InChI is InChI=1S/C13H15BrN2O2S/c1-8-11(14)3-4-12(15-8)16-6-10(5-13(16)18)7-19-9(2)17/h3-4,10H,5-7H2,1-2H3. The fourth-order valence-electron chi connectivity index (χ4n) is 2.03. The van der Waals surface area contributed by atoms with Crippen molar-refractivity contribution in [2.45, 2.75) is 20.3 Å². The van der Waals surface area contributed by atoms with Crippen molar-refractivity contribution in [3.05, 3.63) is 22.3 Å². The molecule has 0 N–H and O–H groups in total. The van der Waals surface area contributed by atoms with Crippen LogP contribution >= 0.6 is 27.7 Å². The predicted molar refractivity (Wildman–Crippen MR) is 80.3 cm³/mol. The lowest BCUT2D eigenvalue weighted by molar-refractivity contribution is -0.117. The highest BCUT2D eigenvalue weighted by Gasteiger charge is 2.31. The Balaban J connectivity index is 2.07. The topological polar surface area (TPSA) is 50.3 Å². The van der Waals surface area contributed by atoms with Crippen molar-refractivity contribution >= 4 is 44.5 Å². The number of aromatic nitrogens is 1. The molecule has 2 rings (SSSR count). The number of carbonyl (C=O) groups is 2. The van der Waals surface area contributed by atoms with Crippen LogP contribution in [0.15, 0.2) is 16.6 Å². The maximum Gasteiger partial charge on any atom is 0.228 e. The number of pyridine rings is 1. The molecule has 1 saturated heterocycles. The lowest BCUT2D eigenvalue weighted by Crippen LogP contribution is -2.26. The highest BCUT2D eigenvalue weighted by molar-refractivity contribution is 9.10. The van der Waals surface area contributed by atoms with E-state index < -0.39 is 0 Å². The summed E-state index contributed by atoms with van der Waals surface area (Å²) in [5.74, 6) is 1.71. The second kappa shape index (κ2) is 6.05. The lowest BCUT2D eigenvalue weighted by Gasteiger charge is -2.16. The van der Waals surface area contributed by atoms with Crippen LogP contribution in [0.25, 0.3) is 0 Å². The van der Waals surface area contributed by atoms with E-state index >= 15 is 0 Å². The number of amides is 1. The summed E-state index contributed by atoms with van der Waals surface area (Å²) in [5, 5.41) is 0.100. The molecule has 102 valence electrons. The molecule has 6 heteroatoms. The molecule has 0 aliphatic carbocycles. The monoisotopic (exact) mass is 342 g/mol. The Morgan fingerprint density at radius 1 is 1.58 bits per heavy atom. The molecule has 1 aromatic rings. The number of nitrogens with zero attached hydrogens (tertiary/aromatic N) is 2. The molecule has 0 aromatic carbocycles. The van der Waals surface area contributed by atoms with Crippen molar-refractivity contribution in [3.63, 3.8) is 0 Å². The van der Waals surface area contributed by atoms with Gasteiger partial charge in [-0.1, -0.05) is 11.8 Å². The molecule has 1 amide bonds. The van der Waals surface area contributed by atoms with Gasteiger partial charge < -0.3 is 0 Å². The number of hydrogen-bond donors (Lipinski definition) is 0. The van der Waals surface area contributed by atoms with Crippen LogP contribution in [0, 0.1) is 12.8 Å². The third-order valence-corrected chi connectivity index (χ3v) is 4.89. The summed E-state index contributed by atoms with van der Waals surface area (Å²) >= 11 is 4.69. The van der Waals surface area contributed by atoms with Gasteiger partial charge in [-0.25, -0.2) is 4.98 Å². The first-order valence-electron chi connectivity index (χ1n) is 6.04. The molecule has 1 aliphatic rings. The van der Waals surface area contributed by atoms with Crippen molar-refractivity contribution in [1.29, 1.82) is 0 Å². The lowest BCUT2D eigenvalue weighted by atomic mass is 10.1. The van der Waals surface area contributed by atoms with Crippen molar-refractivity contribution in [2.75, 3.05) is 17.2 Å². The van der Waals surface area contributed by atoms with E-state index in [1.807, 2.05) is 19.1 Å². The van der Waals surface area contributed by atoms with E-state index in [0.717, 1.165) is 10.2 Å². The van der Waals surface area contributed by atoms with Crippen LogP contribution < -0.4 is 4.90 Å². The molecule has 1 aromatic heterocycles. The normalized spacial score (nSPS) is 19.0. The number of hydrogen-bond acceptors (Lipinski definition) is 4. The first-order valence-corrected chi connectivity index (χ1v) is 7.82. The van der Waals surface area contributed by atoms with Gasteiger partial charge in [0.2, 0.25) is 5.91 Å². The Morgan fingerprint density at radius 2 is 2.32 bits per heavy atom. The first kappa shape index (κ1) is 14.5. The number of carbonyl (C=O) groups excluding carboxylic acids is 2. The summed E-state index contributed by atoms with van der Waals surface area (Å²) < 4.78 is 0.937. The second-order valence-electron chi connectivity index (χ2n) is 4.61. The molecule has 0 saturated carbocycles. The fourth-order valence-corrected chi connectivity index (χ4v) is 2.95. The third-order valence-electron chi connectivity index (χ3n) is 3.01. The van der Waals surface area contributed by atoms with E-state index in [1.54, 1.807) is 11.8 Å². The largest absolute Gasteiger partial charge is 0.296 e. The summed E-state index contributed by atoms with van der Waals surface area (Å²) in [5.41, 5.74) is 0.867. The maximum atomic E-state index is 12.0. The van der Waals surface area contributed by atoms with Crippen LogP contribution in [0.3, 0.4) is 0 Å². The number of aryl methyl sites for hydroxylation is 1. The van der Waals surface area contributed by atoms with E-state index in [-0.39, 0.29) is 16.9 Å². The van der Waals surface area contributed by atoms with Gasteiger partial charge in [-0.3, -0.25) is 14.5 Å². The smallest absolute Gasteiger partial charge is 0.228 e. The van der Waals surface area contributed by atoms with Crippen LogP contribution in [0.4, 0.5) is 5.82 Å². The molecule has 1 unspecified atom stereocenters. The van der Waals surface area contributed by atoms with E-state index in [2.05, 4.69) is 20.9 Å². The minimum Gasteiger partial charge on any atom is -0.296 e. The van der Waals surface area contributed by atoms with Gasteiger partial charge in [0, 0.05) is 30.1 Å². The van der Waals surface area contributed by atoms with Crippen LogP contribution in [0.2, 0.25) is 0 Å². The van der Waals surface area contributed by atoms with Crippen molar-refractivity contribution in [1.82, 2.24) is 4.98 Å². The van der Waals surface area contributed by atoms with Gasteiger partial charge in [0.25, 0.3) is 0 Å². The third kappa shape index (κ3) is 3.57. The van der Waals surface area contributed by atoms with Gasteiger partial charge in [-0.15, -0.1) is 0 Å². The average molecular weight is 343 g/mol. The molecule has 1 aliphatic heterocycles. The maximum absolute atomic E-state index is 12.0. The molecule has 2 heterocycles. The van der Waals surface area contributed by atoms with Crippen LogP contribution in [0.1, 0.15) is 19.0 Å². The van der Waals surface area contributed by atoms with E-state index in [4.69, 9.17) is 0 Å². The molecule has 0 bridgehead atoms. The molecule has 0 spiro atoms.